The second-order valence-electron chi connectivity index (χ2n) is 5.48. The zero-order valence-corrected chi connectivity index (χ0v) is 12.1. The summed E-state index contributed by atoms with van der Waals surface area (Å²) in [5.74, 6) is 1.54. The van der Waals surface area contributed by atoms with Crippen LogP contribution in [-0.4, -0.2) is 13.2 Å². The van der Waals surface area contributed by atoms with E-state index < -0.39 is 0 Å². The van der Waals surface area contributed by atoms with E-state index in [1.165, 1.54) is 32.1 Å². The molecule has 0 aromatic heterocycles. The summed E-state index contributed by atoms with van der Waals surface area (Å²) in [5.41, 5.74) is 7.87. The van der Waals surface area contributed by atoms with Crippen LogP contribution in [0.2, 0.25) is 0 Å². The summed E-state index contributed by atoms with van der Waals surface area (Å²) in [6.07, 6.45) is 7.97. The van der Waals surface area contributed by atoms with Crippen molar-refractivity contribution < 1.29 is 4.74 Å². The van der Waals surface area contributed by atoms with Gasteiger partial charge in [0.1, 0.15) is 5.75 Å². The van der Waals surface area contributed by atoms with E-state index in [0.717, 1.165) is 29.5 Å². The first-order chi connectivity index (χ1) is 9.26. The van der Waals surface area contributed by atoms with Gasteiger partial charge in [-0.05, 0) is 37.3 Å². The molecule has 0 heterocycles. The fourth-order valence-electron chi connectivity index (χ4n) is 3.14. The van der Waals surface area contributed by atoms with Gasteiger partial charge in [-0.1, -0.05) is 32.3 Å². The molecule has 1 aliphatic carbocycles. The molecule has 0 bridgehead atoms. The Kier molecular flexibility index (Phi) is 4.94. The third-order valence-electron chi connectivity index (χ3n) is 4.29. The van der Waals surface area contributed by atoms with Crippen LogP contribution in [0.15, 0.2) is 18.2 Å². The van der Waals surface area contributed by atoms with Crippen LogP contribution in [-0.2, 0) is 0 Å². The predicted octanol–water partition coefficient (Wildman–Crippen LogP) is 4.05. The van der Waals surface area contributed by atoms with E-state index in [1.54, 1.807) is 7.11 Å². The Labute approximate surface area is 116 Å². The maximum atomic E-state index is 6.14. The number of nitrogen functional groups attached to an aromatic ring is 1. The fourth-order valence-corrected chi connectivity index (χ4v) is 3.14. The van der Waals surface area contributed by atoms with E-state index in [1.807, 2.05) is 18.2 Å². The second kappa shape index (κ2) is 6.69. The van der Waals surface area contributed by atoms with Crippen LogP contribution in [0.1, 0.15) is 45.4 Å². The number of hydrogen-bond donors (Lipinski definition) is 2. The van der Waals surface area contributed by atoms with Crippen molar-refractivity contribution in [3.63, 3.8) is 0 Å². The van der Waals surface area contributed by atoms with Gasteiger partial charge in [0.2, 0.25) is 0 Å². The van der Waals surface area contributed by atoms with Gasteiger partial charge in [0.15, 0.2) is 0 Å². The van der Waals surface area contributed by atoms with Gasteiger partial charge in [-0.15, -0.1) is 0 Å². The van der Waals surface area contributed by atoms with Crippen LogP contribution in [0.4, 0.5) is 11.4 Å². The average Bonchev–Trinajstić information content (AvgIpc) is 2.47. The first-order valence-electron chi connectivity index (χ1n) is 7.45. The molecule has 1 unspecified atom stereocenters. The zero-order valence-electron chi connectivity index (χ0n) is 12.1. The molecule has 0 aliphatic heterocycles. The summed E-state index contributed by atoms with van der Waals surface area (Å²) < 4.78 is 5.28. The molecule has 0 saturated heterocycles. The van der Waals surface area contributed by atoms with Gasteiger partial charge >= 0.3 is 0 Å². The molecule has 1 atom stereocenters. The molecule has 19 heavy (non-hydrogen) atoms. The van der Waals surface area contributed by atoms with Gasteiger partial charge in [0.25, 0.3) is 0 Å². The Morgan fingerprint density at radius 3 is 2.68 bits per heavy atom. The molecule has 0 amide bonds. The quantitative estimate of drug-likeness (QED) is 0.787. The van der Waals surface area contributed by atoms with E-state index in [4.69, 9.17) is 10.5 Å². The minimum Gasteiger partial charge on any atom is -0.495 e. The molecule has 0 radical (unpaired) electrons. The summed E-state index contributed by atoms with van der Waals surface area (Å²) in [4.78, 5) is 0. The molecule has 1 aliphatic rings. The van der Waals surface area contributed by atoms with Crippen LogP contribution < -0.4 is 15.8 Å². The molecule has 1 fully saturated rings. The summed E-state index contributed by atoms with van der Waals surface area (Å²) in [7, 11) is 1.66. The summed E-state index contributed by atoms with van der Waals surface area (Å²) >= 11 is 0. The molecule has 1 aromatic rings. The SMILES string of the molecule is CCC(Nc1cccc(OC)c1N)C1CCCCC1. The minimum absolute atomic E-state index is 0.523. The van der Waals surface area contributed by atoms with Crippen molar-refractivity contribution in [1.29, 1.82) is 0 Å². The number of hydrogen-bond acceptors (Lipinski definition) is 3. The number of anilines is 2. The topological polar surface area (TPSA) is 47.3 Å². The predicted molar refractivity (Wildman–Crippen MR) is 81.7 cm³/mol. The molecule has 0 spiro atoms. The lowest BCUT2D eigenvalue weighted by molar-refractivity contribution is 0.313. The fraction of sp³-hybridized carbons (Fsp3) is 0.625. The van der Waals surface area contributed by atoms with Crippen molar-refractivity contribution in [2.45, 2.75) is 51.5 Å². The van der Waals surface area contributed by atoms with Crippen LogP contribution in [0.5, 0.6) is 5.75 Å². The van der Waals surface area contributed by atoms with Crippen molar-refractivity contribution in [3.05, 3.63) is 18.2 Å². The lowest BCUT2D eigenvalue weighted by atomic mass is 9.83. The zero-order chi connectivity index (χ0) is 13.7. The van der Waals surface area contributed by atoms with Crippen LogP contribution in [0.3, 0.4) is 0 Å². The Morgan fingerprint density at radius 2 is 2.05 bits per heavy atom. The highest BCUT2D eigenvalue weighted by molar-refractivity contribution is 5.73. The number of nitrogens with one attached hydrogen (secondary N) is 1. The van der Waals surface area contributed by atoms with Crippen molar-refractivity contribution in [2.24, 2.45) is 5.92 Å². The van der Waals surface area contributed by atoms with Crippen molar-refractivity contribution in [3.8, 4) is 5.75 Å². The Morgan fingerprint density at radius 1 is 1.32 bits per heavy atom. The molecular weight excluding hydrogens is 236 g/mol. The Bertz CT molecular complexity index is 400. The third-order valence-corrected chi connectivity index (χ3v) is 4.29. The summed E-state index contributed by atoms with van der Waals surface area (Å²) in [5, 5.41) is 3.64. The van der Waals surface area contributed by atoms with Gasteiger partial charge in [-0.3, -0.25) is 0 Å². The van der Waals surface area contributed by atoms with E-state index in [-0.39, 0.29) is 0 Å². The standard InChI is InChI=1S/C16H26N2O/c1-3-13(12-8-5-4-6-9-12)18-14-10-7-11-15(19-2)16(14)17/h7,10-13,18H,3-6,8-9,17H2,1-2H3. The van der Waals surface area contributed by atoms with Gasteiger partial charge < -0.3 is 15.8 Å². The number of nitrogens with two attached hydrogens (primary N) is 1. The van der Waals surface area contributed by atoms with Crippen LogP contribution in [0, 0.1) is 5.92 Å². The van der Waals surface area contributed by atoms with Crippen molar-refractivity contribution >= 4 is 11.4 Å². The molecule has 3 nitrogen and oxygen atoms in total. The maximum Gasteiger partial charge on any atom is 0.143 e. The highest BCUT2D eigenvalue weighted by atomic mass is 16.5. The largest absolute Gasteiger partial charge is 0.495 e. The number of ether oxygens (including phenoxy) is 1. The average molecular weight is 262 g/mol. The van der Waals surface area contributed by atoms with E-state index >= 15 is 0 Å². The Balaban J connectivity index is 2.09. The highest BCUT2D eigenvalue weighted by Gasteiger charge is 2.22. The van der Waals surface area contributed by atoms with Gasteiger partial charge in [-0.2, -0.15) is 0 Å². The van der Waals surface area contributed by atoms with Gasteiger partial charge in [-0.25, -0.2) is 0 Å². The number of para-hydroxylation sites is 1. The summed E-state index contributed by atoms with van der Waals surface area (Å²) in [6.45, 7) is 2.25. The normalized spacial score (nSPS) is 18.0. The minimum atomic E-state index is 0.523. The lowest BCUT2D eigenvalue weighted by Gasteiger charge is -2.31. The smallest absolute Gasteiger partial charge is 0.143 e. The third kappa shape index (κ3) is 3.34. The lowest BCUT2D eigenvalue weighted by Crippen LogP contribution is -2.30. The maximum absolute atomic E-state index is 6.14. The molecule has 2 rings (SSSR count). The van der Waals surface area contributed by atoms with Crippen LogP contribution >= 0.6 is 0 Å². The molecule has 106 valence electrons. The van der Waals surface area contributed by atoms with E-state index in [2.05, 4.69) is 12.2 Å². The molecule has 1 saturated carbocycles. The molecule has 1 aromatic carbocycles. The number of rotatable bonds is 5. The van der Waals surface area contributed by atoms with Gasteiger partial charge in [0.05, 0.1) is 18.5 Å². The van der Waals surface area contributed by atoms with Crippen molar-refractivity contribution in [2.75, 3.05) is 18.2 Å². The first kappa shape index (κ1) is 14.0. The Hall–Kier alpha value is -1.38. The number of methoxy groups -OCH3 is 1. The monoisotopic (exact) mass is 262 g/mol. The van der Waals surface area contributed by atoms with E-state index in [0.29, 0.717) is 6.04 Å². The summed E-state index contributed by atoms with van der Waals surface area (Å²) in [6, 6.07) is 6.46. The molecular formula is C16H26N2O. The second-order valence-corrected chi connectivity index (χ2v) is 5.48. The highest BCUT2D eigenvalue weighted by Crippen LogP contribution is 2.33. The molecule has 3 heteroatoms. The number of benzene rings is 1. The van der Waals surface area contributed by atoms with Gasteiger partial charge in [0, 0.05) is 6.04 Å². The van der Waals surface area contributed by atoms with Crippen molar-refractivity contribution in [1.82, 2.24) is 0 Å². The van der Waals surface area contributed by atoms with E-state index in [9.17, 15) is 0 Å². The van der Waals surface area contributed by atoms with Crippen LogP contribution in [0.25, 0.3) is 0 Å². The molecule has 3 N–H and O–H groups in total. The first-order valence-corrected chi connectivity index (χ1v) is 7.45.